The molecule has 0 aliphatic heterocycles. The van der Waals surface area contributed by atoms with Crippen molar-refractivity contribution >= 4 is 11.3 Å². The largest absolute Gasteiger partial charge is 0.497 e. The average molecular weight is 293 g/mol. The van der Waals surface area contributed by atoms with Crippen molar-refractivity contribution in [3.05, 3.63) is 23.2 Å². The molecule has 5 nitrogen and oxygen atoms in total. The summed E-state index contributed by atoms with van der Waals surface area (Å²) in [6.45, 7) is 0.987. The van der Waals surface area contributed by atoms with Crippen molar-refractivity contribution in [2.24, 2.45) is 0 Å². The van der Waals surface area contributed by atoms with Gasteiger partial charge in [-0.3, -0.25) is 0 Å². The molecule has 0 atom stereocenters. The molecule has 0 bridgehead atoms. The maximum atomic E-state index is 5.40. The Morgan fingerprint density at radius 2 is 2.05 bits per heavy atom. The molecule has 1 heterocycles. The van der Waals surface area contributed by atoms with Gasteiger partial charge in [0.1, 0.15) is 16.5 Å². The van der Waals surface area contributed by atoms with Crippen LogP contribution in [0.4, 0.5) is 0 Å². The molecular weight excluding hydrogens is 274 g/mol. The molecule has 0 spiro atoms. The van der Waals surface area contributed by atoms with Gasteiger partial charge in [0, 0.05) is 12.5 Å². The van der Waals surface area contributed by atoms with Gasteiger partial charge in [0.15, 0.2) is 5.01 Å². The highest BCUT2D eigenvalue weighted by molar-refractivity contribution is 7.14. The van der Waals surface area contributed by atoms with E-state index in [1.54, 1.807) is 25.6 Å². The standard InChI is InChI=1S/C14H19N3O2S/c1-15-8-4-5-13-16-17-14(20-13)11-7-6-10(18-2)9-12(11)19-3/h6-7,9,15H,4-5,8H2,1-3H3. The average Bonchev–Trinajstić information content (AvgIpc) is 2.95. The third-order valence-electron chi connectivity index (χ3n) is 2.92. The summed E-state index contributed by atoms with van der Waals surface area (Å²) in [4.78, 5) is 0. The van der Waals surface area contributed by atoms with Gasteiger partial charge in [-0.25, -0.2) is 0 Å². The molecule has 2 aromatic rings. The number of nitrogens with zero attached hydrogens (tertiary/aromatic N) is 2. The van der Waals surface area contributed by atoms with Gasteiger partial charge in [0.2, 0.25) is 0 Å². The van der Waals surface area contributed by atoms with Gasteiger partial charge < -0.3 is 14.8 Å². The van der Waals surface area contributed by atoms with E-state index in [4.69, 9.17) is 9.47 Å². The second-order valence-corrected chi connectivity index (χ2v) is 5.34. The third kappa shape index (κ3) is 3.46. The predicted molar refractivity (Wildman–Crippen MR) is 80.7 cm³/mol. The summed E-state index contributed by atoms with van der Waals surface area (Å²) < 4.78 is 10.6. The molecule has 1 aromatic heterocycles. The van der Waals surface area contributed by atoms with Crippen LogP contribution < -0.4 is 14.8 Å². The number of hydrogen-bond donors (Lipinski definition) is 1. The smallest absolute Gasteiger partial charge is 0.151 e. The maximum Gasteiger partial charge on any atom is 0.151 e. The lowest BCUT2D eigenvalue weighted by atomic mass is 10.2. The lowest BCUT2D eigenvalue weighted by Gasteiger charge is -2.07. The Labute approximate surface area is 123 Å². The Bertz CT molecular complexity index is 557. The first-order valence-electron chi connectivity index (χ1n) is 6.48. The summed E-state index contributed by atoms with van der Waals surface area (Å²) in [5.41, 5.74) is 0.950. The second kappa shape index (κ2) is 7.21. The quantitative estimate of drug-likeness (QED) is 0.794. The first-order chi connectivity index (χ1) is 9.78. The molecule has 2 rings (SSSR count). The summed E-state index contributed by atoms with van der Waals surface area (Å²) in [6, 6.07) is 5.72. The van der Waals surface area contributed by atoms with Crippen molar-refractivity contribution in [1.29, 1.82) is 0 Å². The summed E-state index contributed by atoms with van der Waals surface area (Å²) >= 11 is 1.61. The first kappa shape index (κ1) is 14.7. The van der Waals surface area contributed by atoms with Crippen LogP contribution in [0.25, 0.3) is 10.6 Å². The highest BCUT2D eigenvalue weighted by Gasteiger charge is 2.12. The van der Waals surface area contributed by atoms with Crippen molar-refractivity contribution in [2.45, 2.75) is 12.8 Å². The molecule has 1 aromatic carbocycles. The van der Waals surface area contributed by atoms with E-state index in [1.807, 2.05) is 25.2 Å². The molecule has 1 N–H and O–H groups in total. The molecule has 0 saturated heterocycles. The number of aromatic nitrogens is 2. The van der Waals surface area contributed by atoms with E-state index < -0.39 is 0 Å². The lowest BCUT2D eigenvalue weighted by molar-refractivity contribution is 0.395. The van der Waals surface area contributed by atoms with Crippen LogP contribution in [-0.4, -0.2) is 38.0 Å². The van der Waals surface area contributed by atoms with E-state index >= 15 is 0 Å². The van der Waals surface area contributed by atoms with Gasteiger partial charge in [0.05, 0.1) is 19.8 Å². The zero-order valence-corrected chi connectivity index (χ0v) is 12.8. The molecule has 0 radical (unpaired) electrons. The molecule has 0 aliphatic rings. The molecular formula is C14H19N3O2S. The van der Waals surface area contributed by atoms with E-state index in [0.29, 0.717) is 0 Å². The fourth-order valence-corrected chi connectivity index (χ4v) is 2.77. The van der Waals surface area contributed by atoms with Gasteiger partial charge in [-0.15, -0.1) is 10.2 Å². The molecule has 0 amide bonds. The number of hydrogen-bond acceptors (Lipinski definition) is 6. The van der Waals surface area contributed by atoms with Gasteiger partial charge in [0.25, 0.3) is 0 Å². The molecule has 20 heavy (non-hydrogen) atoms. The predicted octanol–water partition coefficient (Wildman–Crippen LogP) is 2.37. The van der Waals surface area contributed by atoms with Gasteiger partial charge in [-0.2, -0.15) is 0 Å². The minimum absolute atomic E-state index is 0.752. The number of ether oxygens (including phenoxy) is 2. The Kier molecular flexibility index (Phi) is 5.31. The highest BCUT2D eigenvalue weighted by atomic mass is 32.1. The van der Waals surface area contributed by atoms with E-state index in [2.05, 4.69) is 15.5 Å². The monoisotopic (exact) mass is 293 g/mol. The van der Waals surface area contributed by atoms with Crippen LogP contribution in [0, 0.1) is 0 Å². The van der Waals surface area contributed by atoms with Crippen LogP contribution in [-0.2, 0) is 6.42 Å². The van der Waals surface area contributed by atoms with E-state index in [9.17, 15) is 0 Å². The Balaban J connectivity index is 2.18. The zero-order chi connectivity index (χ0) is 14.4. The van der Waals surface area contributed by atoms with Crippen LogP contribution in [0.2, 0.25) is 0 Å². The lowest BCUT2D eigenvalue weighted by Crippen LogP contribution is -2.08. The SMILES string of the molecule is CNCCCc1nnc(-c2ccc(OC)cc2OC)s1. The molecule has 0 saturated carbocycles. The van der Waals surface area contributed by atoms with Gasteiger partial charge >= 0.3 is 0 Å². The summed E-state index contributed by atoms with van der Waals surface area (Å²) in [5, 5.41) is 13.6. The normalized spacial score (nSPS) is 10.6. The number of aryl methyl sites for hydroxylation is 1. The first-order valence-corrected chi connectivity index (χ1v) is 7.29. The Hall–Kier alpha value is -1.66. The van der Waals surface area contributed by atoms with Crippen molar-refractivity contribution in [3.8, 4) is 22.1 Å². The van der Waals surface area contributed by atoms with E-state index in [-0.39, 0.29) is 0 Å². The minimum atomic E-state index is 0.752. The fraction of sp³-hybridized carbons (Fsp3) is 0.429. The summed E-state index contributed by atoms with van der Waals surface area (Å²) in [6.07, 6.45) is 2.00. The molecule has 6 heteroatoms. The number of methoxy groups -OCH3 is 2. The van der Waals surface area contributed by atoms with Crippen LogP contribution in [0.5, 0.6) is 11.5 Å². The van der Waals surface area contributed by atoms with Crippen molar-refractivity contribution in [1.82, 2.24) is 15.5 Å². The number of nitrogens with one attached hydrogen (secondary N) is 1. The molecule has 0 aliphatic carbocycles. The maximum absolute atomic E-state index is 5.40. The second-order valence-electron chi connectivity index (χ2n) is 4.27. The number of benzene rings is 1. The van der Waals surface area contributed by atoms with Crippen LogP contribution in [0.15, 0.2) is 18.2 Å². The number of rotatable bonds is 7. The summed E-state index contributed by atoms with van der Waals surface area (Å²) in [7, 11) is 5.24. The molecule has 108 valence electrons. The minimum Gasteiger partial charge on any atom is -0.497 e. The van der Waals surface area contributed by atoms with E-state index in [0.717, 1.165) is 46.5 Å². The van der Waals surface area contributed by atoms with Crippen molar-refractivity contribution in [2.75, 3.05) is 27.8 Å². The van der Waals surface area contributed by atoms with Crippen LogP contribution in [0.1, 0.15) is 11.4 Å². The van der Waals surface area contributed by atoms with E-state index in [1.165, 1.54) is 0 Å². The highest BCUT2D eigenvalue weighted by Crippen LogP contribution is 2.34. The zero-order valence-electron chi connectivity index (χ0n) is 12.0. The van der Waals surface area contributed by atoms with Crippen molar-refractivity contribution in [3.63, 3.8) is 0 Å². The summed E-state index contributed by atoms with van der Waals surface area (Å²) in [5.74, 6) is 1.52. The molecule has 0 unspecified atom stereocenters. The van der Waals surface area contributed by atoms with Crippen LogP contribution in [0.3, 0.4) is 0 Å². The van der Waals surface area contributed by atoms with Crippen LogP contribution >= 0.6 is 11.3 Å². The third-order valence-corrected chi connectivity index (χ3v) is 3.94. The molecule has 0 fully saturated rings. The van der Waals surface area contributed by atoms with Gasteiger partial charge in [-0.1, -0.05) is 11.3 Å². The van der Waals surface area contributed by atoms with Crippen molar-refractivity contribution < 1.29 is 9.47 Å². The Morgan fingerprint density at radius 3 is 2.75 bits per heavy atom. The van der Waals surface area contributed by atoms with Gasteiger partial charge in [-0.05, 0) is 32.1 Å². The fourth-order valence-electron chi connectivity index (χ4n) is 1.86. The topological polar surface area (TPSA) is 56.3 Å². The Morgan fingerprint density at radius 1 is 1.20 bits per heavy atom.